The zero-order chi connectivity index (χ0) is 10.4. The van der Waals surface area contributed by atoms with Gasteiger partial charge in [-0.2, -0.15) is 0 Å². The van der Waals surface area contributed by atoms with Gasteiger partial charge in [0.25, 0.3) is 0 Å². The number of carbonyl (C=O) groups excluding carboxylic acids is 1. The Hall–Kier alpha value is -1.27. The van der Waals surface area contributed by atoms with E-state index in [4.69, 9.17) is 4.74 Å². The van der Waals surface area contributed by atoms with E-state index in [0.29, 0.717) is 0 Å². The number of carbonyl (C=O) groups is 1. The summed E-state index contributed by atoms with van der Waals surface area (Å²) in [5, 5.41) is 0. The van der Waals surface area contributed by atoms with Gasteiger partial charge in [-0.1, -0.05) is 30.3 Å². The van der Waals surface area contributed by atoms with Crippen LogP contribution in [0.25, 0.3) is 0 Å². The van der Waals surface area contributed by atoms with Gasteiger partial charge in [-0.05, 0) is 10.8 Å². The molecule has 0 aliphatic carbocycles. The monoisotopic (exact) mass is 252 g/mol. The van der Waals surface area contributed by atoms with Crippen molar-refractivity contribution in [3.8, 4) is 10.8 Å². The summed E-state index contributed by atoms with van der Waals surface area (Å²) in [5.74, 6) is 2.42. The molecular formula is C11H9BrO2. The highest BCUT2D eigenvalue weighted by molar-refractivity contribution is 9.12. The van der Waals surface area contributed by atoms with Crippen molar-refractivity contribution in [3.63, 3.8) is 0 Å². The van der Waals surface area contributed by atoms with E-state index in [1.807, 2.05) is 30.3 Å². The van der Waals surface area contributed by atoms with E-state index in [-0.39, 0.29) is 5.97 Å². The van der Waals surface area contributed by atoms with Gasteiger partial charge in [-0.3, -0.25) is 4.79 Å². The Bertz CT molecular complexity index is 362. The van der Waals surface area contributed by atoms with Crippen LogP contribution in [0.4, 0.5) is 0 Å². The largest absolute Gasteiger partial charge is 0.444 e. The number of ether oxygens (including phenoxy) is 1. The van der Waals surface area contributed by atoms with Crippen molar-refractivity contribution < 1.29 is 9.53 Å². The number of benzene rings is 1. The number of esters is 1. The SMILES string of the molecule is CC(=O)O[C@H](C#CBr)c1ccccc1. The molecule has 0 aromatic heterocycles. The zero-order valence-electron chi connectivity index (χ0n) is 7.66. The molecule has 0 saturated heterocycles. The average Bonchev–Trinajstić information content (AvgIpc) is 2.18. The lowest BCUT2D eigenvalue weighted by Gasteiger charge is -2.10. The van der Waals surface area contributed by atoms with Crippen LogP contribution in [-0.2, 0) is 9.53 Å². The van der Waals surface area contributed by atoms with Gasteiger partial charge in [0.1, 0.15) is 0 Å². The van der Waals surface area contributed by atoms with E-state index in [1.165, 1.54) is 6.92 Å². The third-order valence-electron chi connectivity index (χ3n) is 1.57. The van der Waals surface area contributed by atoms with Crippen molar-refractivity contribution in [1.29, 1.82) is 0 Å². The molecule has 0 amide bonds. The smallest absolute Gasteiger partial charge is 0.304 e. The first-order valence-corrected chi connectivity index (χ1v) is 4.86. The lowest BCUT2D eigenvalue weighted by molar-refractivity contribution is -0.144. The Morgan fingerprint density at radius 3 is 2.57 bits per heavy atom. The molecule has 0 N–H and O–H groups in total. The van der Waals surface area contributed by atoms with Crippen molar-refractivity contribution >= 4 is 21.9 Å². The second-order valence-corrected chi connectivity index (χ2v) is 3.04. The summed E-state index contributed by atoms with van der Waals surface area (Å²) in [5.41, 5.74) is 0.870. The summed E-state index contributed by atoms with van der Waals surface area (Å²) in [4.78, 5) is 13.4. The molecular weight excluding hydrogens is 244 g/mol. The second-order valence-electron chi connectivity index (χ2n) is 2.64. The minimum Gasteiger partial charge on any atom is -0.444 e. The van der Waals surface area contributed by atoms with Crippen molar-refractivity contribution in [1.82, 2.24) is 0 Å². The summed E-state index contributed by atoms with van der Waals surface area (Å²) >= 11 is 2.98. The summed E-state index contributed by atoms with van der Waals surface area (Å²) in [6.45, 7) is 1.37. The number of hydrogen-bond donors (Lipinski definition) is 0. The third kappa shape index (κ3) is 3.23. The molecule has 0 spiro atoms. The van der Waals surface area contributed by atoms with Gasteiger partial charge < -0.3 is 4.74 Å². The van der Waals surface area contributed by atoms with E-state index in [0.717, 1.165) is 5.56 Å². The van der Waals surface area contributed by atoms with Crippen molar-refractivity contribution in [2.45, 2.75) is 13.0 Å². The standard InChI is InChI=1S/C11H9BrO2/c1-9(13)14-11(7-8-12)10-5-3-2-4-6-10/h2-6,11H,1H3/t11-/m1/s1. The molecule has 1 aromatic rings. The molecule has 0 bridgehead atoms. The highest BCUT2D eigenvalue weighted by Crippen LogP contribution is 2.16. The summed E-state index contributed by atoms with van der Waals surface area (Å²) in [6, 6.07) is 9.38. The average molecular weight is 253 g/mol. The van der Waals surface area contributed by atoms with Gasteiger partial charge in [0.15, 0.2) is 6.10 Å². The van der Waals surface area contributed by atoms with Crippen LogP contribution in [0.1, 0.15) is 18.6 Å². The van der Waals surface area contributed by atoms with Crippen LogP contribution < -0.4 is 0 Å². The van der Waals surface area contributed by atoms with E-state index in [9.17, 15) is 4.79 Å². The fraction of sp³-hybridized carbons (Fsp3) is 0.182. The fourth-order valence-electron chi connectivity index (χ4n) is 1.02. The molecule has 1 rings (SSSR count). The highest BCUT2D eigenvalue weighted by atomic mass is 79.9. The van der Waals surface area contributed by atoms with Gasteiger partial charge in [-0.15, -0.1) is 0 Å². The first-order valence-electron chi connectivity index (χ1n) is 4.07. The molecule has 1 aromatic carbocycles. The van der Waals surface area contributed by atoms with Crippen LogP contribution >= 0.6 is 15.9 Å². The van der Waals surface area contributed by atoms with Crippen LogP contribution in [0.2, 0.25) is 0 Å². The van der Waals surface area contributed by atoms with Gasteiger partial charge in [0.2, 0.25) is 0 Å². The lowest BCUT2D eigenvalue weighted by Crippen LogP contribution is -2.06. The summed E-state index contributed by atoms with van der Waals surface area (Å²) < 4.78 is 5.03. The molecule has 3 heteroatoms. The van der Waals surface area contributed by atoms with E-state index in [1.54, 1.807) is 0 Å². The molecule has 2 nitrogen and oxygen atoms in total. The minimum atomic E-state index is -0.493. The molecule has 72 valence electrons. The van der Waals surface area contributed by atoms with Crippen LogP contribution in [0, 0.1) is 10.8 Å². The maximum Gasteiger partial charge on any atom is 0.304 e. The molecule has 0 heterocycles. The van der Waals surface area contributed by atoms with Crippen molar-refractivity contribution in [2.75, 3.05) is 0 Å². The Labute approximate surface area is 91.4 Å². The lowest BCUT2D eigenvalue weighted by atomic mass is 10.1. The van der Waals surface area contributed by atoms with Gasteiger partial charge in [0, 0.05) is 28.4 Å². The van der Waals surface area contributed by atoms with Crippen LogP contribution in [0.15, 0.2) is 30.3 Å². The minimum absolute atomic E-state index is 0.339. The van der Waals surface area contributed by atoms with E-state index in [2.05, 4.69) is 26.7 Å². The van der Waals surface area contributed by atoms with Crippen molar-refractivity contribution in [3.05, 3.63) is 35.9 Å². The molecule has 0 fully saturated rings. The number of halogens is 1. The first-order chi connectivity index (χ1) is 6.74. The summed E-state index contributed by atoms with van der Waals surface area (Å²) in [6.07, 6.45) is -0.493. The van der Waals surface area contributed by atoms with Gasteiger partial charge in [0.05, 0.1) is 0 Å². The quantitative estimate of drug-likeness (QED) is 0.598. The first kappa shape index (κ1) is 10.8. The van der Waals surface area contributed by atoms with Crippen LogP contribution in [0.3, 0.4) is 0 Å². The second kappa shape index (κ2) is 5.46. The van der Waals surface area contributed by atoms with Gasteiger partial charge >= 0.3 is 5.97 Å². The van der Waals surface area contributed by atoms with Crippen LogP contribution in [0.5, 0.6) is 0 Å². The molecule has 0 aliphatic heterocycles. The maximum atomic E-state index is 10.8. The van der Waals surface area contributed by atoms with Gasteiger partial charge in [-0.25, -0.2) is 0 Å². The Morgan fingerprint density at radius 1 is 1.43 bits per heavy atom. The number of hydrogen-bond acceptors (Lipinski definition) is 2. The normalized spacial score (nSPS) is 11.0. The third-order valence-corrected chi connectivity index (χ3v) is 1.80. The molecule has 14 heavy (non-hydrogen) atoms. The fourth-order valence-corrected chi connectivity index (χ4v) is 1.23. The molecule has 0 radical (unpaired) electrons. The topological polar surface area (TPSA) is 26.3 Å². The predicted octanol–water partition coefficient (Wildman–Crippen LogP) is 2.65. The molecule has 1 atom stereocenters. The van der Waals surface area contributed by atoms with E-state index >= 15 is 0 Å². The molecule has 0 saturated carbocycles. The Balaban J connectivity index is 2.87. The number of rotatable bonds is 2. The predicted molar refractivity (Wildman–Crippen MR) is 57.7 cm³/mol. The molecule has 0 unspecified atom stereocenters. The van der Waals surface area contributed by atoms with E-state index < -0.39 is 6.10 Å². The van der Waals surface area contributed by atoms with Crippen LogP contribution in [-0.4, -0.2) is 5.97 Å². The summed E-state index contributed by atoms with van der Waals surface area (Å²) in [7, 11) is 0. The van der Waals surface area contributed by atoms with Crippen molar-refractivity contribution in [2.24, 2.45) is 0 Å². The maximum absolute atomic E-state index is 10.8. The Morgan fingerprint density at radius 2 is 2.07 bits per heavy atom. The zero-order valence-corrected chi connectivity index (χ0v) is 9.24. The highest BCUT2D eigenvalue weighted by Gasteiger charge is 2.10. The molecule has 0 aliphatic rings. The Kier molecular flexibility index (Phi) is 4.21.